The first kappa shape index (κ1) is 11.1. The highest BCUT2D eigenvalue weighted by molar-refractivity contribution is 6.04. The molecule has 1 amide bonds. The van der Waals surface area contributed by atoms with E-state index in [4.69, 9.17) is 5.11 Å². The molecule has 0 saturated carbocycles. The van der Waals surface area contributed by atoms with Gasteiger partial charge in [0.1, 0.15) is 0 Å². The number of carboxylic acids is 1. The summed E-state index contributed by atoms with van der Waals surface area (Å²) in [4.78, 5) is 26.0. The maximum absolute atomic E-state index is 11.5. The molecule has 6 nitrogen and oxygen atoms in total. The van der Waals surface area contributed by atoms with Crippen molar-refractivity contribution in [3.63, 3.8) is 0 Å². The summed E-state index contributed by atoms with van der Waals surface area (Å²) in [5.41, 5.74) is 2.43. The zero-order valence-electron chi connectivity index (χ0n) is 8.39. The first-order chi connectivity index (χ1) is 7.02. The van der Waals surface area contributed by atoms with Crippen LogP contribution >= 0.6 is 0 Å². The molecule has 0 atom stereocenters. The monoisotopic (exact) mass is 209 g/mol. The molecule has 0 aliphatic carbocycles. The van der Waals surface area contributed by atoms with Crippen LogP contribution in [0.25, 0.3) is 0 Å². The van der Waals surface area contributed by atoms with Gasteiger partial charge in [-0.3, -0.25) is 15.2 Å². The number of hydrazine groups is 1. The molecule has 0 saturated heterocycles. The van der Waals surface area contributed by atoms with Crippen LogP contribution in [-0.4, -0.2) is 41.1 Å². The molecule has 2 N–H and O–H groups in total. The molecule has 1 aromatic heterocycles. The Balaban J connectivity index is 3.03. The molecule has 1 rings (SSSR count). The molecule has 0 fully saturated rings. The van der Waals surface area contributed by atoms with Crippen molar-refractivity contribution in [1.82, 2.24) is 15.4 Å². The van der Waals surface area contributed by atoms with Gasteiger partial charge in [-0.2, -0.15) is 0 Å². The van der Waals surface area contributed by atoms with Gasteiger partial charge in [-0.1, -0.05) is 0 Å². The van der Waals surface area contributed by atoms with E-state index in [1.54, 1.807) is 14.1 Å². The third-order valence-corrected chi connectivity index (χ3v) is 1.62. The van der Waals surface area contributed by atoms with Crippen molar-refractivity contribution >= 4 is 11.9 Å². The molecule has 0 unspecified atom stereocenters. The van der Waals surface area contributed by atoms with Crippen molar-refractivity contribution in [3.05, 3.63) is 29.6 Å². The molecule has 0 spiro atoms. The Morgan fingerprint density at radius 2 is 2.07 bits per heavy atom. The predicted molar refractivity (Wildman–Crippen MR) is 52.3 cm³/mol. The summed E-state index contributed by atoms with van der Waals surface area (Å²) in [7, 11) is 3.28. The Kier molecular flexibility index (Phi) is 3.35. The average molecular weight is 209 g/mol. The molecule has 15 heavy (non-hydrogen) atoms. The van der Waals surface area contributed by atoms with E-state index in [9.17, 15) is 9.59 Å². The van der Waals surface area contributed by atoms with Gasteiger partial charge in [0.05, 0.1) is 11.1 Å². The van der Waals surface area contributed by atoms with Crippen LogP contribution in [0, 0.1) is 0 Å². The second kappa shape index (κ2) is 4.52. The summed E-state index contributed by atoms with van der Waals surface area (Å²) in [6.07, 6.45) is 2.52. The zero-order valence-corrected chi connectivity index (χ0v) is 8.39. The van der Waals surface area contributed by atoms with Gasteiger partial charge in [0.15, 0.2) is 0 Å². The first-order valence-electron chi connectivity index (χ1n) is 4.18. The SMILES string of the molecule is CN(C)NC(=O)c1ccncc1C(=O)O. The van der Waals surface area contributed by atoms with Crippen LogP contribution < -0.4 is 5.43 Å². The smallest absolute Gasteiger partial charge is 0.338 e. The summed E-state index contributed by atoms with van der Waals surface area (Å²) in [5.74, 6) is -1.65. The van der Waals surface area contributed by atoms with Crippen molar-refractivity contribution in [2.75, 3.05) is 14.1 Å². The Labute approximate surface area is 86.5 Å². The second-order valence-corrected chi connectivity index (χ2v) is 3.06. The zero-order chi connectivity index (χ0) is 11.4. The van der Waals surface area contributed by atoms with Gasteiger partial charge >= 0.3 is 5.97 Å². The van der Waals surface area contributed by atoms with Crippen LogP contribution in [0.5, 0.6) is 0 Å². The largest absolute Gasteiger partial charge is 0.478 e. The van der Waals surface area contributed by atoms with E-state index < -0.39 is 11.9 Å². The predicted octanol–water partition coefficient (Wildman–Crippen LogP) is -0.0138. The van der Waals surface area contributed by atoms with Gasteiger partial charge in [0.2, 0.25) is 0 Å². The van der Waals surface area contributed by atoms with Crippen molar-refractivity contribution in [3.8, 4) is 0 Å². The molecule has 0 radical (unpaired) electrons. The van der Waals surface area contributed by atoms with Crippen LogP contribution in [0.3, 0.4) is 0 Å². The second-order valence-electron chi connectivity index (χ2n) is 3.06. The molecule has 0 bridgehead atoms. The molecule has 1 heterocycles. The molecule has 1 aromatic rings. The van der Waals surface area contributed by atoms with Crippen LogP contribution in [0.2, 0.25) is 0 Å². The summed E-state index contributed by atoms with van der Waals surface area (Å²) in [5, 5.41) is 10.3. The third-order valence-electron chi connectivity index (χ3n) is 1.62. The van der Waals surface area contributed by atoms with E-state index in [-0.39, 0.29) is 11.1 Å². The number of carbonyl (C=O) groups is 2. The molecule has 80 valence electrons. The first-order valence-corrected chi connectivity index (χ1v) is 4.18. The van der Waals surface area contributed by atoms with Crippen LogP contribution in [0.4, 0.5) is 0 Å². The number of amides is 1. The van der Waals surface area contributed by atoms with Crippen molar-refractivity contribution in [1.29, 1.82) is 0 Å². The average Bonchev–Trinajstić information content (AvgIpc) is 2.16. The number of pyridine rings is 1. The van der Waals surface area contributed by atoms with Crippen molar-refractivity contribution in [2.24, 2.45) is 0 Å². The van der Waals surface area contributed by atoms with Crippen molar-refractivity contribution < 1.29 is 14.7 Å². The van der Waals surface area contributed by atoms with E-state index in [0.29, 0.717) is 0 Å². The van der Waals surface area contributed by atoms with Crippen LogP contribution in [-0.2, 0) is 0 Å². The van der Waals surface area contributed by atoms with E-state index in [1.165, 1.54) is 17.3 Å². The van der Waals surface area contributed by atoms with Gasteiger partial charge in [-0.25, -0.2) is 9.80 Å². The summed E-state index contributed by atoms with van der Waals surface area (Å²) in [6, 6.07) is 1.36. The fraction of sp³-hybridized carbons (Fsp3) is 0.222. The number of aromatic nitrogens is 1. The lowest BCUT2D eigenvalue weighted by molar-refractivity contribution is 0.0686. The molecule has 0 aliphatic rings. The lowest BCUT2D eigenvalue weighted by Gasteiger charge is -2.12. The maximum Gasteiger partial charge on any atom is 0.338 e. The minimum absolute atomic E-state index is 0.0891. The highest BCUT2D eigenvalue weighted by Crippen LogP contribution is 2.06. The fourth-order valence-electron chi connectivity index (χ4n) is 1.03. The number of aromatic carboxylic acids is 1. The van der Waals surface area contributed by atoms with Gasteiger partial charge in [0.25, 0.3) is 5.91 Å². The van der Waals surface area contributed by atoms with Gasteiger partial charge in [0, 0.05) is 26.5 Å². The maximum atomic E-state index is 11.5. The lowest BCUT2D eigenvalue weighted by Crippen LogP contribution is -2.36. The highest BCUT2D eigenvalue weighted by atomic mass is 16.4. The Bertz CT molecular complexity index is 390. The topological polar surface area (TPSA) is 82.5 Å². The van der Waals surface area contributed by atoms with Gasteiger partial charge < -0.3 is 5.11 Å². The quantitative estimate of drug-likeness (QED) is 0.684. The third kappa shape index (κ3) is 2.75. The number of hydrogen-bond donors (Lipinski definition) is 2. The summed E-state index contributed by atoms with van der Waals surface area (Å²) < 4.78 is 0. The van der Waals surface area contributed by atoms with Gasteiger partial charge in [-0.15, -0.1) is 0 Å². The summed E-state index contributed by atoms with van der Waals surface area (Å²) >= 11 is 0. The van der Waals surface area contributed by atoms with Crippen LogP contribution in [0.15, 0.2) is 18.5 Å². The minimum Gasteiger partial charge on any atom is -0.478 e. The number of nitrogens with zero attached hydrogens (tertiary/aromatic N) is 2. The molecule has 0 aliphatic heterocycles. The van der Waals surface area contributed by atoms with Gasteiger partial charge in [-0.05, 0) is 6.07 Å². The van der Waals surface area contributed by atoms with E-state index >= 15 is 0 Å². The standard InChI is InChI=1S/C9H11N3O3/c1-12(2)11-8(13)6-3-4-10-5-7(6)9(14)15/h3-5H,1-2H3,(H,11,13)(H,14,15). The Morgan fingerprint density at radius 1 is 1.40 bits per heavy atom. The molecule has 6 heteroatoms. The Morgan fingerprint density at radius 3 is 2.60 bits per heavy atom. The number of rotatable bonds is 3. The molecular formula is C9H11N3O3. The number of hydrogen-bond acceptors (Lipinski definition) is 4. The number of carboxylic acid groups (broad SMARTS) is 1. The highest BCUT2D eigenvalue weighted by Gasteiger charge is 2.16. The molecular weight excluding hydrogens is 198 g/mol. The van der Waals surface area contributed by atoms with E-state index in [0.717, 1.165) is 6.20 Å². The van der Waals surface area contributed by atoms with Crippen molar-refractivity contribution in [2.45, 2.75) is 0 Å². The lowest BCUT2D eigenvalue weighted by atomic mass is 10.1. The number of nitrogens with one attached hydrogen (secondary N) is 1. The Hall–Kier alpha value is -1.95. The number of carbonyl (C=O) groups excluding carboxylic acids is 1. The normalized spacial score (nSPS) is 10.1. The van der Waals surface area contributed by atoms with E-state index in [2.05, 4.69) is 10.4 Å². The minimum atomic E-state index is -1.17. The van der Waals surface area contributed by atoms with E-state index in [1.807, 2.05) is 0 Å². The fourth-order valence-corrected chi connectivity index (χ4v) is 1.03. The molecule has 0 aromatic carbocycles. The summed E-state index contributed by atoms with van der Waals surface area (Å²) in [6.45, 7) is 0. The van der Waals surface area contributed by atoms with Crippen LogP contribution in [0.1, 0.15) is 20.7 Å².